The summed E-state index contributed by atoms with van der Waals surface area (Å²) in [6.07, 6.45) is 10.8. The fourth-order valence-electron chi connectivity index (χ4n) is 5.53. The van der Waals surface area contributed by atoms with E-state index in [2.05, 4.69) is 51.5 Å². The molecular weight excluding hydrogens is 498 g/mol. The topological polar surface area (TPSA) is 65.0 Å². The van der Waals surface area contributed by atoms with Gasteiger partial charge in [-0.25, -0.2) is 0 Å². The lowest BCUT2D eigenvalue weighted by Gasteiger charge is -2.34. The smallest absolute Gasteiger partial charge is 0.251 e. The summed E-state index contributed by atoms with van der Waals surface area (Å²) >= 11 is 0. The summed E-state index contributed by atoms with van der Waals surface area (Å²) in [6.45, 7) is 4.53. The number of benzene rings is 3. The average molecular weight is 538 g/mol. The van der Waals surface area contributed by atoms with E-state index in [-0.39, 0.29) is 11.7 Å². The molecule has 1 saturated heterocycles. The van der Waals surface area contributed by atoms with Crippen LogP contribution in [0.25, 0.3) is 5.76 Å². The first kappa shape index (κ1) is 27.5. The summed E-state index contributed by atoms with van der Waals surface area (Å²) in [7, 11) is 0. The Morgan fingerprint density at radius 3 is 2.55 bits per heavy atom. The van der Waals surface area contributed by atoms with Crippen LogP contribution in [0.4, 0.5) is 0 Å². The maximum absolute atomic E-state index is 13.1. The molecule has 6 nitrogen and oxygen atoms in total. The number of unbranched alkanes of at least 4 members (excludes halogenated alkanes) is 1. The number of hydrogen-bond donors (Lipinski definition) is 2. The first-order valence-electron chi connectivity index (χ1n) is 14.4. The van der Waals surface area contributed by atoms with Crippen LogP contribution in [0.15, 0.2) is 97.5 Å². The molecule has 208 valence electrons. The van der Waals surface area contributed by atoms with Crippen LogP contribution in [0.2, 0.25) is 0 Å². The number of aryl methyl sites for hydroxylation is 1. The van der Waals surface area contributed by atoms with Crippen LogP contribution in [0, 0.1) is 0 Å². The fourth-order valence-corrected chi connectivity index (χ4v) is 5.53. The quantitative estimate of drug-likeness (QED) is 0.288. The third-order valence-electron chi connectivity index (χ3n) is 7.79. The van der Waals surface area contributed by atoms with E-state index in [0.29, 0.717) is 12.5 Å². The zero-order valence-electron chi connectivity index (χ0n) is 23.0. The van der Waals surface area contributed by atoms with Crippen LogP contribution in [0.3, 0.4) is 0 Å². The maximum atomic E-state index is 13.1. The van der Waals surface area contributed by atoms with Gasteiger partial charge in [-0.2, -0.15) is 0 Å². The summed E-state index contributed by atoms with van der Waals surface area (Å²) in [4.78, 5) is 17.7. The Morgan fingerprint density at radius 1 is 0.925 bits per heavy atom. The van der Waals surface area contributed by atoms with Crippen molar-refractivity contribution in [2.24, 2.45) is 0 Å². The van der Waals surface area contributed by atoms with Crippen molar-refractivity contribution in [1.29, 1.82) is 0 Å². The monoisotopic (exact) mass is 537 g/mol. The Balaban J connectivity index is 1.07. The van der Waals surface area contributed by atoms with E-state index in [0.717, 1.165) is 75.2 Å². The Hall–Kier alpha value is -4.03. The zero-order valence-corrected chi connectivity index (χ0v) is 23.0. The van der Waals surface area contributed by atoms with Crippen LogP contribution in [0.1, 0.15) is 58.6 Å². The highest BCUT2D eigenvalue weighted by Crippen LogP contribution is 2.31. The lowest BCUT2D eigenvalue weighted by Crippen LogP contribution is -2.38. The van der Waals surface area contributed by atoms with Gasteiger partial charge in [0, 0.05) is 43.2 Å². The summed E-state index contributed by atoms with van der Waals surface area (Å²) in [5.41, 5.74) is 4.21. The number of hydrogen-bond acceptors (Lipinski definition) is 5. The van der Waals surface area contributed by atoms with Crippen LogP contribution in [0.5, 0.6) is 5.75 Å². The highest BCUT2D eigenvalue weighted by Gasteiger charge is 2.24. The molecule has 2 aliphatic rings. The molecule has 0 aliphatic carbocycles. The minimum Gasteiger partial charge on any atom is -0.508 e. The van der Waals surface area contributed by atoms with Gasteiger partial charge in [-0.1, -0.05) is 60.7 Å². The molecule has 2 N–H and O–H groups in total. The standard InChI is InChI=1S/C34H39N3O3/c38-30-13-8-12-29(25-30)33-26-37(23-24-40-33)22-21-36-19-16-28(17-20-36)31-14-4-5-15-32(31)34(39)35-18-7-6-11-27-9-2-1-3-10-27/h1-5,8-10,12-15,23-26,28,38H,6-7,11,16-22H2,(H,35,39). The van der Waals surface area contributed by atoms with E-state index in [9.17, 15) is 9.90 Å². The normalized spacial score (nSPS) is 15.9. The van der Waals surface area contributed by atoms with Gasteiger partial charge in [-0.3, -0.25) is 4.79 Å². The minimum atomic E-state index is 0.0474. The van der Waals surface area contributed by atoms with Crippen LogP contribution in [-0.2, 0) is 11.2 Å². The number of likely N-dealkylation sites (tertiary alicyclic amines) is 1. The number of carbonyl (C=O) groups excluding carboxylic acids is 1. The molecule has 0 unspecified atom stereocenters. The van der Waals surface area contributed by atoms with Gasteiger partial charge in [0.15, 0.2) is 0 Å². The van der Waals surface area contributed by atoms with E-state index >= 15 is 0 Å². The molecule has 1 fully saturated rings. The fraction of sp³-hybridized carbons (Fsp3) is 0.324. The molecule has 0 aromatic heterocycles. The molecule has 1 amide bonds. The second kappa shape index (κ2) is 13.9. The molecule has 0 saturated carbocycles. The van der Waals surface area contributed by atoms with Crippen molar-refractivity contribution in [1.82, 2.24) is 15.1 Å². The Labute approximate surface area is 237 Å². The number of phenolic OH excluding ortho intramolecular Hbond substituents is 1. The van der Waals surface area contributed by atoms with Crippen molar-refractivity contribution in [2.75, 3.05) is 32.7 Å². The van der Waals surface area contributed by atoms with Crippen molar-refractivity contribution in [3.8, 4) is 5.75 Å². The molecule has 6 heteroatoms. The third kappa shape index (κ3) is 7.54. The predicted molar refractivity (Wildman–Crippen MR) is 160 cm³/mol. The molecule has 0 radical (unpaired) electrons. The summed E-state index contributed by atoms with van der Waals surface area (Å²) in [5, 5.41) is 12.9. The van der Waals surface area contributed by atoms with Gasteiger partial charge >= 0.3 is 0 Å². The number of rotatable bonds is 11. The van der Waals surface area contributed by atoms with Crippen molar-refractivity contribution in [3.05, 3.63) is 120 Å². The first-order valence-corrected chi connectivity index (χ1v) is 14.4. The Kier molecular flexibility index (Phi) is 9.54. The van der Waals surface area contributed by atoms with E-state index in [4.69, 9.17) is 4.74 Å². The second-order valence-corrected chi connectivity index (χ2v) is 10.6. The first-order chi connectivity index (χ1) is 19.7. The largest absolute Gasteiger partial charge is 0.508 e. The second-order valence-electron chi connectivity index (χ2n) is 10.6. The van der Waals surface area contributed by atoms with Crippen LogP contribution < -0.4 is 5.32 Å². The molecule has 40 heavy (non-hydrogen) atoms. The highest BCUT2D eigenvalue weighted by molar-refractivity contribution is 5.95. The number of nitrogens with one attached hydrogen (secondary N) is 1. The Bertz CT molecular complexity index is 1310. The van der Waals surface area contributed by atoms with Crippen LogP contribution in [-0.4, -0.2) is 53.5 Å². The molecule has 2 aliphatic heterocycles. The van der Waals surface area contributed by atoms with Gasteiger partial charge in [-0.15, -0.1) is 0 Å². The van der Waals surface area contributed by atoms with E-state index in [1.54, 1.807) is 18.4 Å². The molecular formula is C34H39N3O3. The van der Waals surface area contributed by atoms with Crippen molar-refractivity contribution >= 4 is 11.7 Å². The molecule has 5 rings (SSSR count). The number of aromatic hydroxyl groups is 1. The third-order valence-corrected chi connectivity index (χ3v) is 7.79. The van der Waals surface area contributed by atoms with Gasteiger partial charge < -0.3 is 25.0 Å². The molecule has 0 spiro atoms. The van der Waals surface area contributed by atoms with Gasteiger partial charge in [0.05, 0.1) is 0 Å². The minimum absolute atomic E-state index is 0.0474. The SMILES string of the molecule is O=C(NCCCCc1ccccc1)c1ccccc1C1CCN(CCN2C=COC(c3cccc(O)c3)=C2)CC1. The van der Waals surface area contributed by atoms with Gasteiger partial charge in [0.25, 0.3) is 5.91 Å². The number of ether oxygens (including phenoxy) is 1. The number of carbonyl (C=O) groups is 1. The van der Waals surface area contributed by atoms with Crippen molar-refractivity contribution in [3.63, 3.8) is 0 Å². The Morgan fingerprint density at radius 2 is 1.73 bits per heavy atom. The van der Waals surface area contributed by atoms with Crippen molar-refractivity contribution < 1.29 is 14.6 Å². The number of phenols is 1. The molecule has 3 aromatic carbocycles. The van der Waals surface area contributed by atoms with Crippen molar-refractivity contribution in [2.45, 2.75) is 38.0 Å². The molecule has 3 aromatic rings. The van der Waals surface area contributed by atoms with Gasteiger partial charge in [-0.05, 0) is 80.4 Å². The molecule has 0 bridgehead atoms. The van der Waals surface area contributed by atoms with E-state index in [1.807, 2.05) is 42.7 Å². The lowest BCUT2D eigenvalue weighted by atomic mass is 9.86. The summed E-state index contributed by atoms with van der Waals surface area (Å²) < 4.78 is 5.67. The number of amides is 1. The predicted octanol–water partition coefficient (Wildman–Crippen LogP) is 6.13. The van der Waals surface area contributed by atoms with Gasteiger partial charge in [0.2, 0.25) is 0 Å². The van der Waals surface area contributed by atoms with Crippen LogP contribution >= 0.6 is 0 Å². The van der Waals surface area contributed by atoms with Gasteiger partial charge in [0.1, 0.15) is 17.8 Å². The van der Waals surface area contributed by atoms with E-state index < -0.39 is 0 Å². The maximum Gasteiger partial charge on any atom is 0.251 e. The van der Waals surface area contributed by atoms with E-state index in [1.165, 1.54) is 11.1 Å². The molecule has 2 heterocycles. The molecule has 0 atom stereocenters. The highest BCUT2D eigenvalue weighted by atomic mass is 16.5. The number of piperidine rings is 1. The average Bonchev–Trinajstić information content (AvgIpc) is 3.01. The lowest BCUT2D eigenvalue weighted by molar-refractivity contribution is 0.0950. The number of nitrogens with zero attached hydrogens (tertiary/aromatic N) is 2. The summed E-state index contributed by atoms with van der Waals surface area (Å²) in [6, 6.07) is 25.8. The zero-order chi connectivity index (χ0) is 27.6. The summed E-state index contributed by atoms with van der Waals surface area (Å²) in [5.74, 6) is 1.40.